The molecule has 12 saturated carbocycles. The molecule has 12 bridgehead atoms. The van der Waals surface area contributed by atoms with E-state index in [4.69, 9.17) is 25.4 Å². The summed E-state index contributed by atoms with van der Waals surface area (Å²) >= 11 is 0. The second kappa shape index (κ2) is 51.0. The Hall–Kier alpha value is -2.57. The maximum Gasteiger partial charge on any atom is 2.00 e. The van der Waals surface area contributed by atoms with Crippen LogP contribution in [-0.2, 0) is 9.47 Å². The smallest absolute Gasteiger partial charge is 1.00 e. The number of hydrogen-bond donors (Lipinski definition) is 3. The van der Waals surface area contributed by atoms with Crippen molar-refractivity contribution >= 4 is 165 Å². The molecular formula is C119H183Ca3N6O2+3. The average molecular weight is 1850 g/mol. The Kier molecular flexibility index (Phi) is 43.6. The van der Waals surface area contributed by atoms with E-state index in [9.17, 15) is 0 Å². The summed E-state index contributed by atoms with van der Waals surface area (Å²) in [6.45, 7) is 64.3. The van der Waals surface area contributed by atoms with Gasteiger partial charge in [0.05, 0.1) is 17.1 Å². The standard InChI is InChI=1S/3C35H49N2.C6H14.2C4H8O.3Ca.3H/c3*1-21(2)28-11-9-12-29(22(3)4)32(28)36-34(35-18-25-15-26(19-35)17-27(16-25)20-35)37-33-30(23(5)6)13-10-14-31(33)24(7)8;1-3-5-6-4-2;2*1-2-4-5-3-1;;;;;;/h3*9-14,21-27H,15-20H2,1-8H3;3-6H2,1-2H3;2*1-4H2;;;;;;/q3*-1;;;;3*+2;3*-1/p+3. The van der Waals surface area contributed by atoms with Crippen LogP contribution in [0.2, 0.25) is 0 Å². The zero-order valence-electron chi connectivity index (χ0n) is 90.5. The normalized spacial score (nSPS) is 25.5. The van der Waals surface area contributed by atoms with Gasteiger partial charge in [-0.1, -0.05) is 315 Å². The molecule has 0 amide bonds. The number of nitrogens with one attached hydrogen (secondary N) is 3. The molecule has 11 heteroatoms. The molecule has 0 unspecified atom stereocenters. The van der Waals surface area contributed by atoms with E-state index in [1.807, 2.05) is 0 Å². The van der Waals surface area contributed by atoms with Crippen molar-refractivity contribution in [2.75, 3.05) is 26.4 Å². The van der Waals surface area contributed by atoms with Gasteiger partial charge in [-0.05, 0) is 332 Å². The van der Waals surface area contributed by atoms with Crippen LogP contribution in [0.1, 0.15) is 489 Å². The average Bonchev–Trinajstić information content (AvgIpc) is 1.57. The molecule has 0 aromatic heterocycles. The van der Waals surface area contributed by atoms with Crippen molar-refractivity contribution in [3.05, 3.63) is 192 Å². The third kappa shape index (κ3) is 27.6. The van der Waals surface area contributed by atoms with Gasteiger partial charge in [0.2, 0.25) is 0 Å². The minimum absolute atomic E-state index is 0. The van der Waals surface area contributed by atoms with Gasteiger partial charge in [0.25, 0.3) is 0 Å². The van der Waals surface area contributed by atoms with E-state index < -0.39 is 0 Å². The van der Waals surface area contributed by atoms with Crippen molar-refractivity contribution in [2.24, 2.45) is 69.5 Å². The van der Waals surface area contributed by atoms with Crippen LogP contribution < -0.4 is 15.0 Å². The summed E-state index contributed by atoms with van der Waals surface area (Å²) in [5.74, 6) is 17.3. The molecular weight excluding hydrogens is 1670 g/mol. The molecule has 6 aromatic carbocycles. The summed E-state index contributed by atoms with van der Waals surface area (Å²) in [5, 5.41) is 17.4. The summed E-state index contributed by atoms with van der Waals surface area (Å²) in [4.78, 5) is 12.5. The van der Waals surface area contributed by atoms with Crippen LogP contribution in [0.4, 0.5) is 34.1 Å². The zero-order valence-corrected chi connectivity index (χ0v) is 94.1. The quantitative estimate of drug-likeness (QED) is 0.0243. The Morgan fingerprint density at radius 2 is 0.408 bits per heavy atom. The van der Waals surface area contributed by atoms with Gasteiger partial charge in [-0.2, -0.15) is 0 Å². The molecule has 0 spiro atoms. The molecule has 14 aliphatic rings. The van der Waals surface area contributed by atoms with Crippen LogP contribution in [0.5, 0.6) is 0 Å². The number of ether oxygens (including phenoxy) is 2. The second-order valence-electron chi connectivity index (χ2n) is 46.3. The first-order chi connectivity index (χ1) is 60.6. The molecule has 130 heavy (non-hydrogen) atoms. The van der Waals surface area contributed by atoms with Crippen molar-refractivity contribution < 1.29 is 28.7 Å². The molecule has 14 fully saturated rings. The first kappa shape index (κ1) is 111. The molecule has 2 aliphatic heterocycles. The van der Waals surface area contributed by atoms with Gasteiger partial charge in [0, 0.05) is 59.7 Å². The van der Waals surface area contributed by atoms with Crippen molar-refractivity contribution in [3.8, 4) is 0 Å². The van der Waals surface area contributed by atoms with Gasteiger partial charge in [-0.25, -0.2) is 16.0 Å². The Morgan fingerprint density at radius 3 is 0.531 bits per heavy atom. The fourth-order valence-corrected chi connectivity index (χ4v) is 26.3. The molecule has 2 heterocycles. The molecule has 3 N–H and O–H groups in total. The molecule has 6 aromatic rings. The monoisotopic (exact) mass is 1850 g/mol. The number of hydrogen-bond acceptors (Lipinski definition) is 2. The van der Waals surface area contributed by atoms with E-state index in [0.717, 1.165) is 79.7 Å². The van der Waals surface area contributed by atoms with Crippen LogP contribution in [0.25, 0.3) is 16.0 Å². The largest absolute Gasteiger partial charge is 2.00 e. The summed E-state index contributed by atoms with van der Waals surface area (Å²) in [7, 11) is 0. The maximum atomic E-state index is 5.79. The van der Waals surface area contributed by atoms with Crippen LogP contribution in [0, 0.1) is 69.5 Å². The van der Waals surface area contributed by atoms with Crippen molar-refractivity contribution in [1.29, 1.82) is 0 Å². The third-order valence-electron chi connectivity index (χ3n) is 31.8. The van der Waals surface area contributed by atoms with E-state index in [1.165, 1.54) is 285 Å². The predicted octanol–water partition coefficient (Wildman–Crippen LogP) is 31.0. The SMILES string of the molecule is C1CCOC1.C1CCOC1.CC(C)c1cccc(C(C)C)c1[N-]C(=[NH+]c1c(C(C)C)cccc1C(C)C)C12CC3CC(CC(C3)C1)C2.CC(C)c1cccc(C(C)C)c1[N-]C(=[NH+]c1c(C(C)C)cccc1C(C)C)C12CC3CC(CC(C3)C1)C2.CC(C)c1cccc(C(C)C)c1[N-]C(=[NH+]c1c(C(C)C)cccc1C(C)C)C12CC3CC(CC(C3)C1)C2.CCCCCC.[Ca+2].[Ca+2].[Ca+2].[H-].[H-].[H-]. The number of benzene rings is 6. The molecule has 2 saturated heterocycles. The Balaban J connectivity index is 0.000000276. The molecule has 12 aliphatic carbocycles. The first-order valence-electron chi connectivity index (χ1n) is 52.6. The fourth-order valence-electron chi connectivity index (χ4n) is 26.3. The molecule has 0 atom stereocenters. The second-order valence-corrected chi connectivity index (χ2v) is 46.3. The van der Waals surface area contributed by atoms with Gasteiger partial charge < -0.3 is 28.7 Å². The maximum absolute atomic E-state index is 5.79. The van der Waals surface area contributed by atoms with Gasteiger partial charge >= 0.3 is 113 Å². The number of amidine groups is 3. The van der Waals surface area contributed by atoms with Crippen molar-refractivity contribution in [3.63, 3.8) is 0 Å². The first-order valence-corrected chi connectivity index (χ1v) is 52.6. The number of unbranched alkanes of at least 4 members (excludes halogenated alkanes) is 3. The summed E-state index contributed by atoms with van der Waals surface area (Å²) in [6, 6.07) is 41.4. The minimum Gasteiger partial charge on any atom is -1.00 e. The number of para-hydroxylation sites is 6. The van der Waals surface area contributed by atoms with Gasteiger partial charge in [0.1, 0.15) is 17.5 Å². The van der Waals surface area contributed by atoms with E-state index in [0.29, 0.717) is 71.0 Å². The van der Waals surface area contributed by atoms with E-state index in [1.54, 1.807) is 0 Å². The Labute approximate surface area is 889 Å². The van der Waals surface area contributed by atoms with Crippen molar-refractivity contribution in [1.82, 2.24) is 0 Å². The molecule has 704 valence electrons. The Morgan fingerprint density at radius 1 is 0.262 bits per heavy atom. The van der Waals surface area contributed by atoms with E-state index in [-0.39, 0.29) is 134 Å². The van der Waals surface area contributed by atoms with Crippen LogP contribution in [-0.4, -0.2) is 157 Å². The van der Waals surface area contributed by atoms with E-state index in [2.05, 4.69) is 304 Å². The summed E-state index contributed by atoms with van der Waals surface area (Å²) in [6.07, 6.45) is 35.5. The topological polar surface area (TPSA) is 103 Å². The van der Waals surface area contributed by atoms with Crippen LogP contribution in [0.3, 0.4) is 0 Å². The number of rotatable bonds is 24. The van der Waals surface area contributed by atoms with E-state index >= 15 is 0 Å². The minimum atomic E-state index is 0. The van der Waals surface area contributed by atoms with Crippen LogP contribution >= 0.6 is 0 Å². The van der Waals surface area contributed by atoms with Gasteiger partial charge in [-0.3, -0.25) is 0 Å². The zero-order chi connectivity index (χ0) is 91.3. The van der Waals surface area contributed by atoms with Crippen molar-refractivity contribution in [2.45, 2.75) is 418 Å². The molecule has 20 rings (SSSR count). The Bertz CT molecular complexity index is 3910. The molecule has 0 radical (unpaired) electrons. The van der Waals surface area contributed by atoms with Gasteiger partial charge in [0.15, 0.2) is 0 Å². The van der Waals surface area contributed by atoms with Crippen LogP contribution in [0.15, 0.2) is 109 Å². The number of nitrogens with zero attached hydrogens (tertiary/aromatic N) is 3. The predicted molar refractivity (Wildman–Crippen MR) is 566 cm³/mol. The molecule has 8 nitrogen and oxygen atoms in total. The summed E-state index contributed by atoms with van der Waals surface area (Å²) < 4.78 is 9.89. The van der Waals surface area contributed by atoms with Gasteiger partial charge in [-0.15, -0.1) is 0 Å². The fraction of sp³-hybridized carbons (Fsp3) is 0.672. The third-order valence-corrected chi connectivity index (χ3v) is 31.8. The summed E-state index contributed by atoms with van der Waals surface area (Å²) in [5.41, 5.74) is 25.1.